The van der Waals surface area contributed by atoms with Crippen molar-refractivity contribution in [3.63, 3.8) is 0 Å². The molecular weight excluding hydrogens is 188 g/mol. The molecule has 0 saturated heterocycles. The summed E-state index contributed by atoms with van der Waals surface area (Å²) < 4.78 is 4.96. The molecule has 2 heteroatoms. The molecule has 2 nitrogen and oxygen atoms in total. The zero-order valence-electron chi connectivity index (χ0n) is 10.8. The molecule has 0 unspecified atom stereocenters. The standard InChI is InChI=1S/C13H26O2/c1-5-8-10-13(7-3,11-9-6-2)12(14)15-4/h5-11H2,1-4H3. The van der Waals surface area contributed by atoms with Crippen molar-refractivity contribution in [3.8, 4) is 0 Å². The summed E-state index contributed by atoms with van der Waals surface area (Å²) in [5, 5.41) is 0. The molecule has 0 bridgehead atoms. The Morgan fingerprint density at radius 3 is 1.80 bits per heavy atom. The number of esters is 1. The van der Waals surface area contributed by atoms with Gasteiger partial charge in [0.2, 0.25) is 0 Å². The van der Waals surface area contributed by atoms with E-state index in [-0.39, 0.29) is 11.4 Å². The van der Waals surface area contributed by atoms with Gasteiger partial charge in [0, 0.05) is 0 Å². The lowest BCUT2D eigenvalue weighted by molar-refractivity contribution is -0.154. The van der Waals surface area contributed by atoms with E-state index in [9.17, 15) is 4.79 Å². The summed E-state index contributed by atoms with van der Waals surface area (Å²) in [5.74, 6) is -0.00750. The maximum atomic E-state index is 11.9. The van der Waals surface area contributed by atoms with Gasteiger partial charge in [-0.3, -0.25) is 4.79 Å². The molecule has 0 aliphatic heterocycles. The predicted molar refractivity (Wildman–Crippen MR) is 63.8 cm³/mol. The van der Waals surface area contributed by atoms with Crippen molar-refractivity contribution in [2.45, 2.75) is 65.7 Å². The fourth-order valence-corrected chi connectivity index (χ4v) is 2.07. The molecule has 0 radical (unpaired) electrons. The van der Waals surface area contributed by atoms with Crippen LogP contribution < -0.4 is 0 Å². The van der Waals surface area contributed by atoms with Gasteiger partial charge in [-0.1, -0.05) is 46.5 Å². The van der Waals surface area contributed by atoms with Gasteiger partial charge in [-0.25, -0.2) is 0 Å². The van der Waals surface area contributed by atoms with Crippen LogP contribution >= 0.6 is 0 Å². The zero-order chi connectivity index (χ0) is 11.7. The minimum Gasteiger partial charge on any atom is -0.469 e. The lowest BCUT2D eigenvalue weighted by atomic mass is 9.76. The van der Waals surface area contributed by atoms with Crippen LogP contribution in [0.4, 0.5) is 0 Å². The van der Waals surface area contributed by atoms with Crippen LogP contribution in [0.2, 0.25) is 0 Å². The second-order valence-electron chi connectivity index (χ2n) is 4.33. The summed E-state index contributed by atoms with van der Waals surface area (Å²) in [6.45, 7) is 6.43. The monoisotopic (exact) mass is 214 g/mol. The molecule has 15 heavy (non-hydrogen) atoms. The first-order chi connectivity index (χ1) is 7.16. The van der Waals surface area contributed by atoms with E-state index in [2.05, 4.69) is 20.8 Å². The van der Waals surface area contributed by atoms with E-state index in [1.54, 1.807) is 0 Å². The van der Waals surface area contributed by atoms with Crippen molar-refractivity contribution >= 4 is 5.97 Å². The van der Waals surface area contributed by atoms with Crippen molar-refractivity contribution in [2.24, 2.45) is 5.41 Å². The Labute approximate surface area is 94.4 Å². The molecule has 0 rings (SSSR count). The van der Waals surface area contributed by atoms with Crippen molar-refractivity contribution in [2.75, 3.05) is 7.11 Å². The summed E-state index contributed by atoms with van der Waals surface area (Å²) >= 11 is 0. The van der Waals surface area contributed by atoms with Gasteiger partial charge < -0.3 is 4.74 Å². The van der Waals surface area contributed by atoms with E-state index < -0.39 is 0 Å². The normalized spacial score (nSPS) is 11.5. The van der Waals surface area contributed by atoms with Crippen LogP contribution in [0.3, 0.4) is 0 Å². The van der Waals surface area contributed by atoms with E-state index >= 15 is 0 Å². The number of hydrogen-bond donors (Lipinski definition) is 0. The number of ether oxygens (including phenoxy) is 1. The van der Waals surface area contributed by atoms with Crippen LogP contribution in [0.15, 0.2) is 0 Å². The third-order valence-corrected chi connectivity index (χ3v) is 3.31. The van der Waals surface area contributed by atoms with E-state index in [1.165, 1.54) is 7.11 Å². The van der Waals surface area contributed by atoms with Gasteiger partial charge in [-0.2, -0.15) is 0 Å². The van der Waals surface area contributed by atoms with E-state index in [0.717, 1.165) is 44.9 Å². The quantitative estimate of drug-likeness (QED) is 0.572. The molecule has 90 valence electrons. The highest BCUT2D eigenvalue weighted by Crippen LogP contribution is 2.35. The molecule has 0 atom stereocenters. The molecular formula is C13H26O2. The first-order valence-corrected chi connectivity index (χ1v) is 6.25. The number of methoxy groups -OCH3 is 1. The van der Waals surface area contributed by atoms with Gasteiger partial charge in [0.1, 0.15) is 0 Å². The zero-order valence-corrected chi connectivity index (χ0v) is 10.8. The van der Waals surface area contributed by atoms with Gasteiger partial charge in [-0.15, -0.1) is 0 Å². The third kappa shape index (κ3) is 4.23. The number of hydrogen-bond acceptors (Lipinski definition) is 2. The fourth-order valence-electron chi connectivity index (χ4n) is 2.07. The molecule has 0 amide bonds. The van der Waals surface area contributed by atoms with Gasteiger partial charge in [0.15, 0.2) is 0 Å². The fraction of sp³-hybridized carbons (Fsp3) is 0.923. The van der Waals surface area contributed by atoms with Crippen molar-refractivity contribution in [1.29, 1.82) is 0 Å². The molecule has 0 aromatic heterocycles. The van der Waals surface area contributed by atoms with Crippen LogP contribution in [0.25, 0.3) is 0 Å². The maximum Gasteiger partial charge on any atom is 0.311 e. The molecule has 0 spiro atoms. The number of carbonyl (C=O) groups is 1. The molecule has 0 aromatic rings. The number of rotatable bonds is 8. The Morgan fingerprint density at radius 2 is 1.53 bits per heavy atom. The van der Waals surface area contributed by atoms with E-state index in [0.29, 0.717) is 0 Å². The van der Waals surface area contributed by atoms with Crippen molar-refractivity contribution in [1.82, 2.24) is 0 Å². The highest BCUT2D eigenvalue weighted by atomic mass is 16.5. The SMILES string of the molecule is CCCCC(CC)(CCCC)C(=O)OC. The maximum absolute atomic E-state index is 11.9. The Morgan fingerprint density at radius 1 is 1.07 bits per heavy atom. The topological polar surface area (TPSA) is 26.3 Å². The molecule has 0 heterocycles. The molecule has 0 fully saturated rings. The Bertz CT molecular complexity index is 167. The minimum atomic E-state index is -0.208. The van der Waals surface area contributed by atoms with Crippen molar-refractivity contribution < 1.29 is 9.53 Å². The lowest BCUT2D eigenvalue weighted by Crippen LogP contribution is -2.31. The van der Waals surface area contributed by atoms with E-state index in [1.807, 2.05) is 0 Å². The van der Waals surface area contributed by atoms with Gasteiger partial charge in [0.25, 0.3) is 0 Å². The second-order valence-corrected chi connectivity index (χ2v) is 4.33. The Hall–Kier alpha value is -0.530. The Balaban J connectivity index is 4.51. The Kier molecular flexibility index (Phi) is 7.45. The third-order valence-electron chi connectivity index (χ3n) is 3.31. The van der Waals surface area contributed by atoms with Gasteiger partial charge >= 0.3 is 5.97 Å². The predicted octanol–water partition coefficient (Wildman–Crippen LogP) is 3.94. The minimum absolute atomic E-state index is 0.00750. The summed E-state index contributed by atoms with van der Waals surface area (Å²) in [6.07, 6.45) is 7.38. The van der Waals surface area contributed by atoms with Crippen LogP contribution in [0.1, 0.15) is 65.7 Å². The highest BCUT2D eigenvalue weighted by Gasteiger charge is 2.36. The van der Waals surface area contributed by atoms with Gasteiger partial charge in [0.05, 0.1) is 12.5 Å². The van der Waals surface area contributed by atoms with Crippen LogP contribution in [-0.4, -0.2) is 13.1 Å². The molecule has 0 saturated carbocycles. The summed E-state index contributed by atoms with van der Waals surface area (Å²) in [5.41, 5.74) is -0.208. The molecule has 0 aromatic carbocycles. The van der Waals surface area contributed by atoms with Crippen LogP contribution in [0, 0.1) is 5.41 Å². The number of carbonyl (C=O) groups excluding carboxylic acids is 1. The van der Waals surface area contributed by atoms with Gasteiger partial charge in [-0.05, 0) is 19.3 Å². The molecule has 0 aliphatic rings. The molecule has 0 N–H and O–H groups in total. The highest BCUT2D eigenvalue weighted by molar-refractivity contribution is 5.76. The largest absolute Gasteiger partial charge is 0.469 e. The summed E-state index contributed by atoms with van der Waals surface area (Å²) in [6, 6.07) is 0. The first-order valence-electron chi connectivity index (χ1n) is 6.25. The smallest absolute Gasteiger partial charge is 0.311 e. The van der Waals surface area contributed by atoms with E-state index in [4.69, 9.17) is 4.74 Å². The van der Waals surface area contributed by atoms with Crippen molar-refractivity contribution in [3.05, 3.63) is 0 Å². The number of unbranched alkanes of at least 4 members (excludes halogenated alkanes) is 2. The summed E-state index contributed by atoms with van der Waals surface area (Å²) in [7, 11) is 1.50. The van der Waals surface area contributed by atoms with Crippen LogP contribution in [0.5, 0.6) is 0 Å². The van der Waals surface area contributed by atoms with Crippen LogP contribution in [-0.2, 0) is 9.53 Å². The first kappa shape index (κ1) is 14.5. The summed E-state index contributed by atoms with van der Waals surface area (Å²) in [4.78, 5) is 11.9. The molecule has 0 aliphatic carbocycles. The average Bonchev–Trinajstić information content (AvgIpc) is 2.29. The average molecular weight is 214 g/mol. The lowest BCUT2D eigenvalue weighted by Gasteiger charge is -2.29. The second kappa shape index (κ2) is 7.72.